The minimum Gasteiger partial charge on any atom is -0.360 e. The van der Waals surface area contributed by atoms with Crippen molar-refractivity contribution in [2.24, 2.45) is 0 Å². The second kappa shape index (κ2) is 7.84. The first-order valence-electron chi connectivity index (χ1n) is 8.78. The summed E-state index contributed by atoms with van der Waals surface area (Å²) in [5, 5.41) is 11.2. The van der Waals surface area contributed by atoms with E-state index in [0.29, 0.717) is 5.82 Å². The van der Waals surface area contributed by atoms with Gasteiger partial charge in [0.1, 0.15) is 6.04 Å². The smallest absolute Gasteiger partial charge is 0.248 e. The Kier molecular flexibility index (Phi) is 5.11. The van der Waals surface area contributed by atoms with E-state index in [2.05, 4.69) is 41.3 Å². The number of nitrogens with zero attached hydrogens (tertiary/aromatic N) is 4. The van der Waals surface area contributed by atoms with Crippen molar-refractivity contribution in [2.45, 2.75) is 18.9 Å². The van der Waals surface area contributed by atoms with Gasteiger partial charge in [0.05, 0.1) is 5.69 Å². The third-order valence-corrected chi connectivity index (χ3v) is 5.12. The average Bonchev–Trinajstić information content (AvgIpc) is 3.20. The molecule has 0 aliphatic carbocycles. The van der Waals surface area contributed by atoms with Gasteiger partial charge in [-0.1, -0.05) is 15.9 Å². The van der Waals surface area contributed by atoms with E-state index < -0.39 is 0 Å². The van der Waals surface area contributed by atoms with Gasteiger partial charge in [-0.05, 0) is 61.4 Å². The molecule has 1 atom stereocenters. The van der Waals surface area contributed by atoms with Crippen LogP contribution in [0.1, 0.15) is 12.8 Å². The Morgan fingerprint density at radius 3 is 2.67 bits per heavy atom. The van der Waals surface area contributed by atoms with E-state index in [4.69, 9.17) is 0 Å². The molecule has 1 saturated heterocycles. The number of rotatable bonds is 4. The number of halogens is 1. The average molecular weight is 424 g/mol. The lowest BCUT2D eigenvalue weighted by Crippen LogP contribution is -2.39. The summed E-state index contributed by atoms with van der Waals surface area (Å²) in [4.78, 5) is 19.0. The Hall–Kier alpha value is -2.80. The molecule has 1 N–H and O–H groups in total. The molecule has 0 saturated carbocycles. The molecule has 4 rings (SSSR count). The topological polar surface area (TPSA) is 71.0 Å². The third-order valence-electron chi connectivity index (χ3n) is 4.59. The van der Waals surface area contributed by atoms with Crippen LogP contribution in [-0.2, 0) is 4.79 Å². The van der Waals surface area contributed by atoms with Crippen molar-refractivity contribution in [3.63, 3.8) is 0 Å². The quantitative estimate of drug-likeness (QED) is 0.688. The fraction of sp³-hybridized carbons (Fsp3) is 0.200. The summed E-state index contributed by atoms with van der Waals surface area (Å²) in [6, 6.07) is 15.2. The van der Waals surface area contributed by atoms with Crippen LogP contribution >= 0.6 is 15.9 Å². The number of carbonyl (C=O) groups is 1. The molecule has 3 heterocycles. The third kappa shape index (κ3) is 3.98. The molecule has 0 spiro atoms. The number of nitrogens with one attached hydrogen (secondary N) is 1. The standard InChI is InChI=1S/C20H18BrN5O/c21-15-5-7-16(8-6-15)26-12-2-4-18(26)20(27)23-19-10-9-17(24-25-19)14-3-1-11-22-13-14/h1,3,5-11,13,18H,2,4,12H2,(H,23,25,27). The SMILES string of the molecule is O=C(Nc1ccc(-c2cccnc2)nn1)C1CCCN1c1ccc(Br)cc1. The largest absolute Gasteiger partial charge is 0.360 e. The molecule has 1 fully saturated rings. The monoisotopic (exact) mass is 423 g/mol. The Bertz CT molecular complexity index is 915. The molecule has 1 amide bonds. The summed E-state index contributed by atoms with van der Waals surface area (Å²) in [6.07, 6.45) is 5.25. The van der Waals surface area contributed by atoms with Gasteiger partial charge in [-0.25, -0.2) is 0 Å². The zero-order valence-corrected chi connectivity index (χ0v) is 16.1. The first-order valence-corrected chi connectivity index (χ1v) is 9.57. The maximum absolute atomic E-state index is 12.8. The molecule has 1 aliphatic rings. The van der Waals surface area contributed by atoms with E-state index in [1.54, 1.807) is 18.5 Å². The number of aromatic nitrogens is 3. The maximum Gasteiger partial charge on any atom is 0.248 e. The maximum atomic E-state index is 12.8. The Morgan fingerprint density at radius 1 is 1.11 bits per heavy atom. The highest BCUT2D eigenvalue weighted by atomic mass is 79.9. The molecular formula is C20H18BrN5O. The molecule has 3 aromatic rings. The summed E-state index contributed by atoms with van der Waals surface area (Å²) < 4.78 is 1.02. The number of benzene rings is 1. The zero-order chi connectivity index (χ0) is 18.6. The molecule has 1 aromatic carbocycles. The van der Waals surface area contributed by atoms with Crippen molar-refractivity contribution in [3.8, 4) is 11.3 Å². The van der Waals surface area contributed by atoms with Gasteiger partial charge in [-0.15, -0.1) is 10.2 Å². The van der Waals surface area contributed by atoms with Gasteiger partial charge in [0, 0.05) is 34.7 Å². The number of amides is 1. The Labute approximate surface area is 165 Å². The second-order valence-electron chi connectivity index (χ2n) is 6.36. The van der Waals surface area contributed by atoms with E-state index in [1.807, 2.05) is 42.5 Å². The van der Waals surface area contributed by atoms with Gasteiger partial charge >= 0.3 is 0 Å². The molecule has 1 aliphatic heterocycles. The van der Waals surface area contributed by atoms with Crippen molar-refractivity contribution in [1.29, 1.82) is 0 Å². The molecule has 7 heteroatoms. The minimum atomic E-state index is -0.203. The summed E-state index contributed by atoms with van der Waals surface area (Å²) in [7, 11) is 0. The van der Waals surface area contributed by atoms with Crippen molar-refractivity contribution < 1.29 is 4.79 Å². The lowest BCUT2D eigenvalue weighted by Gasteiger charge is -2.25. The van der Waals surface area contributed by atoms with Gasteiger partial charge in [0.25, 0.3) is 0 Å². The summed E-state index contributed by atoms with van der Waals surface area (Å²) >= 11 is 3.45. The van der Waals surface area contributed by atoms with Gasteiger partial charge in [0.15, 0.2) is 5.82 Å². The summed E-state index contributed by atoms with van der Waals surface area (Å²) in [6.45, 7) is 0.866. The minimum absolute atomic E-state index is 0.0566. The molecule has 6 nitrogen and oxygen atoms in total. The van der Waals surface area contributed by atoms with Gasteiger partial charge in [0.2, 0.25) is 5.91 Å². The fourth-order valence-electron chi connectivity index (χ4n) is 3.26. The number of hydrogen-bond donors (Lipinski definition) is 1. The van der Waals surface area contributed by atoms with Gasteiger partial charge in [-0.2, -0.15) is 0 Å². The van der Waals surface area contributed by atoms with E-state index in [1.165, 1.54) is 0 Å². The fourth-order valence-corrected chi connectivity index (χ4v) is 3.52. The molecule has 1 unspecified atom stereocenters. The molecule has 0 bridgehead atoms. The van der Waals surface area contributed by atoms with E-state index >= 15 is 0 Å². The lowest BCUT2D eigenvalue weighted by molar-refractivity contribution is -0.117. The van der Waals surface area contributed by atoms with Crippen LogP contribution < -0.4 is 10.2 Å². The second-order valence-corrected chi connectivity index (χ2v) is 7.28. The van der Waals surface area contributed by atoms with Crippen LogP contribution in [0.2, 0.25) is 0 Å². The van der Waals surface area contributed by atoms with E-state index in [0.717, 1.165) is 40.8 Å². The molecule has 0 radical (unpaired) electrons. The number of pyridine rings is 1. The first-order chi connectivity index (χ1) is 13.2. The van der Waals surface area contributed by atoms with Crippen molar-refractivity contribution >= 4 is 33.3 Å². The molecular weight excluding hydrogens is 406 g/mol. The lowest BCUT2D eigenvalue weighted by atomic mass is 10.2. The van der Waals surface area contributed by atoms with Crippen LogP contribution in [-0.4, -0.2) is 33.7 Å². The van der Waals surface area contributed by atoms with Gasteiger partial charge in [-0.3, -0.25) is 9.78 Å². The van der Waals surface area contributed by atoms with Crippen LogP contribution in [0.4, 0.5) is 11.5 Å². The number of carbonyl (C=O) groups excluding carboxylic acids is 1. The normalized spacial score (nSPS) is 16.3. The number of hydrogen-bond acceptors (Lipinski definition) is 5. The predicted octanol–water partition coefficient (Wildman–Crippen LogP) is 3.91. The molecule has 2 aromatic heterocycles. The van der Waals surface area contributed by atoms with Crippen LogP contribution in [0.15, 0.2) is 65.4 Å². The van der Waals surface area contributed by atoms with Crippen molar-refractivity contribution in [1.82, 2.24) is 15.2 Å². The summed E-state index contributed by atoms with van der Waals surface area (Å²) in [5.41, 5.74) is 2.66. The first kappa shape index (κ1) is 17.6. The van der Waals surface area contributed by atoms with Crippen LogP contribution in [0.5, 0.6) is 0 Å². The van der Waals surface area contributed by atoms with E-state index in [-0.39, 0.29) is 11.9 Å². The van der Waals surface area contributed by atoms with Crippen molar-refractivity contribution in [3.05, 3.63) is 65.4 Å². The van der Waals surface area contributed by atoms with Crippen LogP contribution in [0.25, 0.3) is 11.3 Å². The molecule has 27 heavy (non-hydrogen) atoms. The predicted molar refractivity (Wildman–Crippen MR) is 108 cm³/mol. The Balaban J connectivity index is 1.46. The highest BCUT2D eigenvalue weighted by Crippen LogP contribution is 2.27. The highest BCUT2D eigenvalue weighted by Gasteiger charge is 2.31. The van der Waals surface area contributed by atoms with Crippen LogP contribution in [0, 0.1) is 0 Å². The van der Waals surface area contributed by atoms with Gasteiger partial charge < -0.3 is 10.2 Å². The van der Waals surface area contributed by atoms with E-state index in [9.17, 15) is 4.79 Å². The zero-order valence-electron chi connectivity index (χ0n) is 14.5. The summed E-state index contributed by atoms with van der Waals surface area (Å²) in [5.74, 6) is 0.397. The molecule has 136 valence electrons. The van der Waals surface area contributed by atoms with Crippen LogP contribution in [0.3, 0.4) is 0 Å². The highest BCUT2D eigenvalue weighted by molar-refractivity contribution is 9.10. The number of anilines is 2. The Morgan fingerprint density at radius 2 is 1.96 bits per heavy atom. The van der Waals surface area contributed by atoms with Crippen molar-refractivity contribution in [2.75, 3.05) is 16.8 Å².